The van der Waals surface area contributed by atoms with Gasteiger partial charge in [0.05, 0.1) is 14.2 Å². The Morgan fingerprint density at radius 3 is 2.74 bits per heavy atom. The molecule has 1 heterocycles. The second-order valence-electron chi connectivity index (χ2n) is 6.12. The van der Waals surface area contributed by atoms with Crippen molar-refractivity contribution in [2.24, 2.45) is 0 Å². The lowest BCUT2D eigenvalue weighted by Gasteiger charge is -2.15. The van der Waals surface area contributed by atoms with Crippen molar-refractivity contribution in [3.8, 4) is 11.5 Å². The zero-order valence-corrected chi connectivity index (χ0v) is 15.5. The normalized spacial score (nSPS) is 13.3. The molecule has 0 radical (unpaired) electrons. The molecule has 0 spiro atoms. The van der Waals surface area contributed by atoms with Gasteiger partial charge in [-0.25, -0.2) is 4.79 Å². The molecule has 0 atom stereocenters. The van der Waals surface area contributed by atoms with E-state index < -0.39 is 0 Å². The molecule has 3 rings (SSSR count). The van der Waals surface area contributed by atoms with Crippen molar-refractivity contribution in [1.82, 2.24) is 10.6 Å². The third-order valence-electron chi connectivity index (χ3n) is 4.45. The van der Waals surface area contributed by atoms with Crippen LogP contribution in [0.15, 0.2) is 42.5 Å². The molecule has 142 valence electrons. The Bertz CT molecular complexity index is 838. The summed E-state index contributed by atoms with van der Waals surface area (Å²) in [7, 11) is 3.21. The van der Waals surface area contributed by atoms with Crippen LogP contribution in [0.2, 0.25) is 0 Å². The van der Waals surface area contributed by atoms with Gasteiger partial charge in [0.15, 0.2) is 0 Å². The summed E-state index contributed by atoms with van der Waals surface area (Å²) < 4.78 is 10.6. The molecular weight excluding hydrogens is 346 g/mol. The zero-order chi connectivity index (χ0) is 19.2. The Labute approximate surface area is 158 Å². The molecule has 0 aliphatic carbocycles. The largest absolute Gasteiger partial charge is 0.497 e. The lowest BCUT2D eigenvalue weighted by atomic mass is 10.1. The quantitative estimate of drug-likeness (QED) is 0.784. The highest BCUT2D eigenvalue weighted by Crippen LogP contribution is 2.24. The van der Waals surface area contributed by atoms with Gasteiger partial charge in [-0.2, -0.15) is 0 Å². The molecule has 2 N–H and O–H groups in total. The second-order valence-corrected chi connectivity index (χ2v) is 6.12. The molecule has 1 fully saturated rings. The molecule has 2 aromatic carbocycles. The Morgan fingerprint density at radius 2 is 2.04 bits per heavy atom. The van der Waals surface area contributed by atoms with E-state index in [0.29, 0.717) is 31.6 Å². The van der Waals surface area contributed by atoms with Crippen LogP contribution in [-0.2, 0) is 6.42 Å². The lowest BCUT2D eigenvalue weighted by molar-refractivity contribution is 0.0954. The highest BCUT2D eigenvalue weighted by molar-refractivity contribution is 5.98. The standard InChI is InChI=1S/C20H23N3O4/c1-26-17-7-6-14(18(13-17)27-2)8-9-21-19(24)15-4-3-5-16(12-15)23-11-10-22-20(23)25/h3-7,12-13H,8-11H2,1-2H3,(H,21,24)(H,22,25). The number of amides is 3. The number of carbonyl (C=O) groups is 2. The molecule has 1 saturated heterocycles. The van der Waals surface area contributed by atoms with Crippen molar-refractivity contribution in [2.45, 2.75) is 6.42 Å². The molecule has 0 aromatic heterocycles. The van der Waals surface area contributed by atoms with Crippen molar-refractivity contribution >= 4 is 17.6 Å². The van der Waals surface area contributed by atoms with Crippen molar-refractivity contribution in [2.75, 3.05) is 38.8 Å². The summed E-state index contributed by atoms with van der Waals surface area (Å²) in [4.78, 5) is 25.9. The fraction of sp³-hybridized carbons (Fsp3) is 0.300. The third kappa shape index (κ3) is 4.31. The summed E-state index contributed by atoms with van der Waals surface area (Å²) in [5, 5.41) is 5.67. The summed E-state index contributed by atoms with van der Waals surface area (Å²) >= 11 is 0. The number of anilines is 1. The maximum absolute atomic E-state index is 12.5. The summed E-state index contributed by atoms with van der Waals surface area (Å²) in [5.74, 6) is 1.27. The number of hydrogen-bond donors (Lipinski definition) is 2. The van der Waals surface area contributed by atoms with Gasteiger partial charge in [0.1, 0.15) is 11.5 Å². The molecule has 2 aromatic rings. The van der Waals surface area contributed by atoms with Crippen LogP contribution in [0.3, 0.4) is 0 Å². The molecule has 0 saturated carbocycles. The monoisotopic (exact) mass is 369 g/mol. The SMILES string of the molecule is COc1ccc(CCNC(=O)c2cccc(N3CCNC3=O)c2)c(OC)c1. The van der Waals surface area contributed by atoms with Gasteiger partial charge in [0.2, 0.25) is 0 Å². The van der Waals surface area contributed by atoms with Gasteiger partial charge in [-0.3, -0.25) is 9.69 Å². The average Bonchev–Trinajstić information content (AvgIpc) is 3.14. The molecule has 7 heteroatoms. The van der Waals surface area contributed by atoms with E-state index in [2.05, 4.69) is 10.6 Å². The zero-order valence-electron chi connectivity index (χ0n) is 15.5. The fourth-order valence-corrected chi connectivity index (χ4v) is 3.00. The molecule has 7 nitrogen and oxygen atoms in total. The lowest BCUT2D eigenvalue weighted by Crippen LogP contribution is -2.29. The molecule has 0 bridgehead atoms. The van der Waals surface area contributed by atoms with E-state index in [9.17, 15) is 9.59 Å². The first-order valence-electron chi connectivity index (χ1n) is 8.77. The molecule has 1 aliphatic rings. The number of nitrogens with zero attached hydrogens (tertiary/aromatic N) is 1. The minimum atomic E-state index is -0.177. The van der Waals surface area contributed by atoms with Gasteiger partial charge < -0.3 is 20.1 Å². The summed E-state index contributed by atoms with van der Waals surface area (Å²) in [6, 6.07) is 12.5. The highest BCUT2D eigenvalue weighted by atomic mass is 16.5. The summed E-state index contributed by atoms with van der Waals surface area (Å²) in [5.41, 5.74) is 2.23. The molecule has 27 heavy (non-hydrogen) atoms. The van der Waals surface area contributed by atoms with E-state index in [-0.39, 0.29) is 11.9 Å². The van der Waals surface area contributed by atoms with Crippen LogP contribution in [0.4, 0.5) is 10.5 Å². The number of rotatable bonds is 7. The van der Waals surface area contributed by atoms with Gasteiger partial charge in [-0.05, 0) is 36.2 Å². The number of methoxy groups -OCH3 is 2. The Morgan fingerprint density at radius 1 is 1.19 bits per heavy atom. The minimum absolute atomic E-state index is 0.140. The maximum atomic E-state index is 12.5. The Hall–Kier alpha value is -3.22. The van der Waals surface area contributed by atoms with Crippen LogP contribution >= 0.6 is 0 Å². The molecule has 0 unspecified atom stereocenters. The topological polar surface area (TPSA) is 79.9 Å². The van der Waals surface area contributed by atoms with Gasteiger partial charge in [-0.15, -0.1) is 0 Å². The first-order chi connectivity index (χ1) is 13.1. The number of ether oxygens (including phenoxy) is 2. The van der Waals surface area contributed by atoms with Crippen molar-refractivity contribution < 1.29 is 19.1 Å². The van der Waals surface area contributed by atoms with Gasteiger partial charge >= 0.3 is 6.03 Å². The molecule has 1 aliphatic heterocycles. The second kappa shape index (κ2) is 8.44. The fourth-order valence-electron chi connectivity index (χ4n) is 3.00. The van der Waals surface area contributed by atoms with Crippen molar-refractivity contribution in [3.05, 3.63) is 53.6 Å². The summed E-state index contributed by atoms with van der Waals surface area (Å²) in [6.45, 7) is 1.68. The number of nitrogens with one attached hydrogen (secondary N) is 2. The van der Waals surface area contributed by atoms with E-state index in [1.807, 2.05) is 24.3 Å². The van der Waals surface area contributed by atoms with Crippen LogP contribution in [-0.4, -0.2) is 45.8 Å². The van der Waals surface area contributed by atoms with Crippen LogP contribution < -0.4 is 25.0 Å². The van der Waals surface area contributed by atoms with E-state index in [1.54, 1.807) is 37.3 Å². The molecule has 3 amide bonds. The number of carbonyl (C=O) groups excluding carboxylic acids is 2. The maximum Gasteiger partial charge on any atom is 0.321 e. The third-order valence-corrected chi connectivity index (χ3v) is 4.45. The minimum Gasteiger partial charge on any atom is -0.497 e. The Kier molecular flexibility index (Phi) is 5.80. The molecular formula is C20H23N3O4. The predicted octanol–water partition coefficient (Wildman–Crippen LogP) is 2.21. The first kappa shape index (κ1) is 18.6. The smallest absolute Gasteiger partial charge is 0.321 e. The van der Waals surface area contributed by atoms with Gasteiger partial charge in [-0.1, -0.05) is 12.1 Å². The van der Waals surface area contributed by atoms with Gasteiger partial charge in [0, 0.05) is 37.0 Å². The number of hydrogen-bond acceptors (Lipinski definition) is 4. The number of benzene rings is 2. The van der Waals surface area contributed by atoms with E-state index in [0.717, 1.165) is 22.7 Å². The van der Waals surface area contributed by atoms with Crippen molar-refractivity contribution in [1.29, 1.82) is 0 Å². The Balaban J connectivity index is 1.61. The predicted molar refractivity (Wildman–Crippen MR) is 103 cm³/mol. The first-order valence-corrected chi connectivity index (χ1v) is 8.77. The van der Waals surface area contributed by atoms with Crippen molar-refractivity contribution in [3.63, 3.8) is 0 Å². The van der Waals surface area contributed by atoms with E-state index in [1.165, 1.54) is 0 Å². The average molecular weight is 369 g/mol. The van der Waals surface area contributed by atoms with Crippen LogP contribution in [0.5, 0.6) is 11.5 Å². The van der Waals surface area contributed by atoms with E-state index in [4.69, 9.17) is 9.47 Å². The van der Waals surface area contributed by atoms with Crippen LogP contribution in [0, 0.1) is 0 Å². The van der Waals surface area contributed by atoms with Gasteiger partial charge in [0.25, 0.3) is 5.91 Å². The highest BCUT2D eigenvalue weighted by Gasteiger charge is 2.21. The van der Waals surface area contributed by atoms with Crippen LogP contribution in [0.25, 0.3) is 0 Å². The van der Waals surface area contributed by atoms with Crippen LogP contribution in [0.1, 0.15) is 15.9 Å². The summed E-state index contributed by atoms with van der Waals surface area (Å²) in [6.07, 6.45) is 0.632. The van der Waals surface area contributed by atoms with E-state index >= 15 is 0 Å². The number of urea groups is 1.